The number of amides is 2. The van der Waals surface area contributed by atoms with Crippen molar-refractivity contribution in [1.29, 1.82) is 0 Å². The largest absolute Gasteiger partial charge is 0.496 e. The normalized spacial score (nSPS) is 21.7. The van der Waals surface area contributed by atoms with Crippen LogP contribution in [-0.4, -0.2) is 42.7 Å². The van der Waals surface area contributed by atoms with E-state index in [1.165, 1.54) is 0 Å². The fraction of sp³-hybridized carbons (Fsp3) is 0.364. The standard InChI is InChI=1S/C22H23BrN2O3S/c1-14-3-6-17(7-4-14)25-13-16(12-20(25)26)21(27)24-9-10-29-22(24)15-5-8-19(28-2)18(23)11-15/h3-8,11,16,22H,9-10,12-13H2,1-2H3. The van der Waals surface area contributed by atoms with Crippen LogP contribution < -0.4 is 9.64 Å². The number of benzene rings is 2. The lowest BCUT2D eigenvalue weighted by molar-refractivity contribution is -0.136. The average molecular weight is 475 g/mol. The topological polar surface area (TPSA) is 49.9 Å². The minimum Gasteiger partial charge on any atom is -0.496 e. The molecule has 4 rings (SSSR count). The molecule has 2 amide bonds. The molecule has 5 nitrogen and oxygen atoms in total. The van der Waals surface area contributed by atoms with Crippen LogP contribution in [0.1, 0.15) is 22.9 Å². The number of ether oxygens (including phenoxy) is 1. The third kappa shape index (κ3) is 4.03. The van der Waals surface area contributed by atoms with E-state index < -0.39 is 0 Å². The Hall–Kier alpha value is -1.99. The maximum absolute atomic E-state index is 13.3. The van der Waals surface area contributed by atoms with Gasteiger partial charge in [-0.05, 0) is 52.7 Å². The van der Waals surface area contributed by atoms with Gasteiger partial charge in [0.1, 0.15) is 11.1 Å². The van der Waals surface area contributed by atoms with E-state index in [1.54, 1.807) is 23.8 Å². The molecule has 0 saturated carbocycles. The molecule has 0 bridgehead atoms. The summed E-state index contributed by atoms with van der Waals surface area (Å²) in [6.07, 6.45) is 0.271. The highest BCUT2D eigenvalue weighted by molar-refractivity contribution is 9.10. The third-order valence-electron chi connectivity index (χ3n) is 5.45. The molecule has 2 aliphatic heterocycles. The van der Waals surface area contributed by atoms with Crippen molar-refractivity contribution in [2.24, 2.45) is 5.92 Å². The second kappa shape index (κ2) is 8.40. The van der Waals surface area contributed by atoms with Gasteiger partial charge in [0.05, 0.1) is 17.5 Å². The summed E-state index contributed by atoms with van der Waals surface area (Å²) in [4.78, 5) is 29.6. The molecular formula is C22H23BrN2O3S. The Morgan fingerprint density at radius 2 is 1.97 bits per heavy atom. The molecule has 0 spiro atoms. The molecule has 2 atom stereocenters. The maximum Gasteiger partial charge on any atom is 0.229 e. The highest BCUT2D eigenvalue weighted by Crippen LogP contribution is 2.41. The van der Waals surface area contributed by atoms with Gasteiger partial charge in [-0.1, -0.05) is 23.8 Å². The highest BCUT2D eigenvalue weighted by Gasteiger charge is 2.41. The summed E-state index contributed by atoms with van der Waals surface area (Å²) in [5, 5.41) is -0.0340. The molecule has 2 heterocycles. The second-order valence-corrected chi connectivity index (χ2v) is 9.43. The van der Waals surface area contributed by atoms with Crippen LogP contribution in [0.2, 0.25) is 0 Å². The van der Waals surface area contributed by atoms with Crippen molar-refractivity contribution in [1.82, 2.24) is 4.90 Å². The Bertz CT molecular complexity index is 934. The molecular weight excluding hydrogens is 452 g/mol. The Balaban J connectivity index is 1.50. The molecule has 0 radical (unpaired) electrons. The predicted molar refractivity (Wildman–Crippen MR) is 119 cm³/mol. The van der Waals surface area contributed by atoms with Crippen molar-refractivity contribution >= 4 is 45.2 Å². The fourth-order valence-electron chi connectivity index (χ4n) is 3.89. The molecule has 29 heavy (non-hydrogen) atoms. The number of anilines is 1. The van der Waals surface area contributed by atoms with Crippen LogP contribution in [0.25, 0.3) is 0 Å². The number of carbonyl (C=O) groups is 2. The Kier molecular flexibility index (Phi) is 5.88. The van der Waals surface area contributed by atoms with Crippen molar-refractivity contribution in [2.75, 3.05) is 30.9 Å². The van der Waals surface area contributed by atoms with Crippen LogP contribution in [0.5, 0.6) is 5.75 Å². The first-order chi connectivity index (χ1) is 14.0. The van der Waals surface area contributed by atoms with Gasteiger partial charge in [-0.25, -0.2) is 0 Å². The summed E-state index contributed by atoms with van der Waals surface area (Å²) in [5.41, 5.74) is 3.08. The second-order valence-electron chi connectivity index (χ2n) is 7.39. The smallest absolute Gasteiger partial charge is 0.229 e. The van der Waals surface area contributed by atoms with E-state index in [0.29, 0.717) is 13.1 Å². The number of hydrogen-bond acceptors (Lipinski definition) is 4. The molecule has 2 fully saturated rings. The van der Waals surface area contributed by atoms with E-state index in [4.69, 9.17) is 4.74 Å². The van der Waals surface area contributed by atoms with Crippen LogP contribution in [-0.2, 0) is 9.59 Å². The number of nitrogens with zero attached hydrogens (tertiary/aromatic N) is 2. The number of halogens is 1. The van der Waals surface area contributed by atoms with E-state index in [9.17, 15) is 9.59 Å². The highest BCUT2D eigenvalue weighted by atomic mass is 79.9. The molecule has 2 aliphatic rings. The van der Waals surface area contributed by atoms with Crippen LogP contribution >= 0.6 is 27.7 Å². The van der Waals surface area contributed by atoms with Crippen LogP contribution in [0.3, 0.4) is 0 Å². The zero-order valence-corrected chi connectivity index (χ0v) is 18.8. The van der Waals surface area contributed by atoms with Gasteiger partial charge in [0.25, 0.3) is 0 Å². The first-order valence-corrected chi connectivity index (χ1v) is 11.4. The summed E-state index contributed by atoms with van der Waals surface area (Å²) < 4.78 is 6.19. The lowest BCUT2D eigenvalue weighted by Crippen LogP contribution is -2.37. The fourth-order valence-corrected chi connectivity index (χ4v) is 5.70. The molecule has 0 N–H and O–H groups in total. The molecule has 7 heteroatoms. The summed E-state index contributed by atoms with van der Waals surface area (Å²) in [7, 11) is 1.64. The zero-order chi connectivity index (χ0) is 20.5. The first-order valence-electron chi connectivity index (χ1n) is 9.60. The number of thioether (sulfide) groups is 1. The molecule has 0 aliphatic carbocycles. The number of rotatable bonds is 4. The molecule has 2 unspecified atom stereocenters. The predicted octanol–water partition coefficient (Wildman–Crippen LogP) is 4.39. The Morgan fingerprint density at radius 3 is 2.66 bits per heavy atom. The van der Waals surface area contributed by atoms with Gasteiger partial charge in [-0.2, -0.15) is 0 Å². The third-order valence-corrected chi connectivity index (χ3v) is 7.34. The van der Waals surface area contributed by atoms with Crippen molar-refractivity contribution in [3.05, 3.63) is 58.1 Å². The van der Waals surface area contributed by atoms with Gasteiger partial charge in [-0.15, -0.1) is 11.8 Å². The summed E-state index contributed by atoms with van der Waals surface area (Å²) >= 11 is 5.29. The Labute approximate surface area is 183 Å². The van der Waals surface area contributed by atoms with Crippen LogP contribution in [0, 0.1) is 12.8 Å². The Morgan fingerprint density at radius 1 is 1.21 bits per heavy atom. The van der Waals surface area contributed by atoms with Crippen molar-refractivity contribution in [3.8, 4) is 5.75 Å². The first kappa shape index (κ1) is 20.3. The van der Waals surface area contributed by atoms with Gasteiger partial charge in [0.15, 0.2) is 0 Å². The van der Waals surface area contributed by atoms with Crippen molar-refractivity contribution in [3.63, 3.8) is 0 Å². The minimum absolute atomic E-state index is 0.0165. The summed E-state index contributed by atoms with van der Waals surface area (Å²) in [6.45, 7) is 3.17. The quantitative estimate of drug-likeness (QED) is 0.658. The lowest BCUT2D eigenvalue weighted by atomic mass is 10.1. The molecule has 0 aromatic heterocycles. The zero-order valence-electron chi connectivity index (χ0n) is 16.4. The van der Waals surface area contributed by atoms with Gasteiger partial charge < -0.3 is 14.5 Å². The van der Waals surface area contributed by atoms with Gasteiger partial charge in [-0.3, -0.25) is 9.59 Å². The average Bonchev–Trinajstić information content (AvgIpc) is 3.35. The van der Waals surface area contributed by atoms with Crippen LogP contribution in [0.4, 0.5) is 5.69 Å². The molecule has 2 saturated heterocycles. The molecule has 152 valence electrons. The van der Waals surface area contributed by atoms with E-state index in [2.05, 4.69) is 15.9 Å². The van der Waals surface area contributed by atoms with E-state index in [1.807, 2.05) is 54.3 Å². The van der Waals surface area contributed by atoms with Crippen molar-refractivity contribution in [2.45, 2.75) is 18.7 Å². The lowest BCUT2D eigenvalue weighted by Gasteiger charge is -2.27. The van der Waals surface area contributed by atoms with E-state index in [0.717, 1.165) is 32.8 Å². The maximum atomic E-state index is 13.3. The minimum atomic E-state index is -0.299. The summed E-state index contributed by atoms with van der Waals surface area (Å²) in [5.74, 6) is 1.44. The van der Waals surface area contributed by atoms with Gasteiger partial charge >= 0.3 is 0 Å². The van der Waals surface area contributed by atoms with E-state index >= 15 is 0 Å². The van der Waals surface area contributed by atoms with Crippen LogP contribution in [0.15, 0.2) is 46.9 Å². The molecule has 2 aromatic carbocycles. The molecule has 2 aromatic rings. The van der Waals surface area contributed by atoms with Gasteiger partial charge in [0.2, 0.25) is 11.8 Å². The number of hydrogen-bond donors (Lipinski definition) is 0. The number of aryl methyl sites for hydroxylation is 1. The SMILES string of the molecule is COc1ccc(C2SCCN2C(=O)C2CC(=O)N(c3ccc(C)cc3)C2)cc1Br. The summed E-state index contributed by atoms with van der Waals surface area (Å²) in [6, 6.07) is 13.8. The van der Waals surface area contributed by atoms with E-state index in [-0.39, 0.29) is 29.5 Å². The number of carbonyl (C=O) groups excluding carboxylic acids is 2. The van der Waals surface area contributed by atoms with Crippen molar-refractivity contribution < 1.29 is 14.3 Å². The van der Waals surface area contributed by atoms with Gasteiger partial charge in [0, 0.05) is 31.0 Å². The monoisotopic (exact) mass is 474 g/mol. The number of methoxy groups -OCH3 is 1.